The average molecular weight is 229 g/mol. The standard InChI is InChI=1S/C14H15NO2/c16-9-12-4-2-1-3-11(12)8-15-7-10-5-13(6-10)14(15)17/h1-4,9-10,13H,5-8H2. The van der Waals surface area contributed by atoms with Crippen molar-refractivity contribution in [3.05, 3.63) is 35.4 Å². The van der Waals surface area contributed by atoms with Gasteiger partial charge in [-0.2, -0.15) is 0 Å². The van der Waals surface area contributed by atoms with Crippen molar-refractivity contribution >= 4 is 12.2 Å². The van der Waals surface area contributed by atoms with Gasteiger partial charge in [-0.05, 0) is 24.3 Å². The number of hydrogen-bond donors (Lipinski definition) is 0. The normalized spacial score (nSPS) is 26.6. The van der Waals surface area contributed by atoms with E-state index in [1.54, 1.807) is 6.07 Å². The summed E-state index contributed by atoms with van der Waals surface area (Å²) in [6.45, 7) is 1.45. The summed E-state index contributed by atoms with van der Waals surface area (Å²) in [5.74, 6) is 1.23. The first-order chi connectivity index (χ1) is 8.28. The molecule has 1 amide bonds. The van der Waals surface area contributed by atoms with Crippen molar-refractivity contribution in [1.82, 2.24) is 4.90 Å². The van der Waals surface area contributed by atoms with Crippen LogP contribution in [0.3, 0.4) is 0 Å². The molecule has 3 aliphatic rings. The molecular formula is C14H15NO2. The number of hydrogen-bond acceptors (Lipinski definition) is 2. The number of carbonyl (C=O) groups is 2. The van der Waals surface area contributed by atoms with Crippen molar-refractivity contribution < 1.29 is 9.59 Å². The van der Waals surface area contributed by atoms with E-state index in [0.717, 1.165) is 31.2 Å². The van der Waals surface area contributed by atoms with Gasteiger partial charge in [0.25, 0.3) is 0 Å². The molecular weight excluding hydrogens is 214 g/mol. The molecule has 17 heavy (non-hydrogen) atoms. The van der Waals surface area contributed by atoms with Gasteiger partial charge in [-0.15, -0.1) is 0 Å². The summed E-state index contributed by atoms with van der Waals surface area (Å²) >= 11 is 0. The minimum atomic E-state index is 0.261. The monoisotopic (exact) mass is 229 g/mol. The zero-order valence-corrected chi connectivity index (χ0v) is 9.63. The predicted octanol–water partition coefficient (Wildman–Crippen LogP) is 1.87. The van der Waals surface area contributed by atoms with E-state index in [9.17, 15) is 9.59 Å². The van der Waals surface area contributed by atoms with Gasteiger partial charge in [-0.3, -0.25) is 9.59 Å². The molecule has 0 aromatic heterocycles. The van der Waals surface area contributed by atoms with Gasteiger partial charge in [0, 0.05) is 24.6 Å². The summed E-state index contributed by atoms with van der Waals surface area (Å²) in [5, 5.41) is 0. The zero-order valence-electron chi connectivity index (χ0n) is 9.63. The number of rotatable bonds is 3. The number of piperidine rings is 2. The molecule has 0 N–H and O–H groups in total. The minimum absolute atomic E-state index is 0.261. The van der Waals surface area contributed by atoms with Crippen molar-refractivity contribution in [3.63, 3.8) is 0 Å². The van der Waals surface area contributed by atoms with Gasteiger partial charge in [0.15, 0.2) is 0 Å². The summed E-state index contributed by atoms with van der Waals surface area (Å²) in [7, 11) is 0. The van der Waals surface area contributed by atoms with E-state index in [1.807, 2.05) is 23.1 Å². The van der Waals surface area contributed by atoms with Crippen LogP contribution in [0.15, 0.2) is 24.3 Å². The van der Waals surface area contributed by atoms with Crippen molar-refractivity contribution in [3.8, 4) is 0 Å². The predicted molar refractivity (Wildman–Crippen MR) is 63.5 cm³/mol. The summed E-state index contributed by atoms with van der Waals surface area (Å²) in [6.07, 6.45) is 3.01. The Labute approximate surface area is 100 Å². The van der Waals surface area contributed by atoms with Gasteiger partial charge in [0.05, 0.1) is 0 Å². The molecule has 4 rings (SSSR count). The molecule has 3 fully saturated rings. The van der Waals surface area contributed by atoms with E-state index in [-0.39, 0.29) is 11.8 Å². The second kappa shape index (κ2) is 3.99. The molecule has 0 spiro atoms. The Balaban J connectivity index is 1.78. The Kier molecular flexibility index (Phi) is 2.46. The number of fused-ring (bicyclic) bond motifs is 2. The number of carbonyl (C=O) groups excluding carboxylic acids is 2. The van der Waals surface area contributed by atoms with Crippen LogP contribution < -0.4 is 0 Å². The Hall–Kier alpha value is -1.64. The molecule has 0 radical (unpaired) electrons. The average Bonchev–Trinajstić information content (AvgIpc) is 2.30. The molecule has 1 saturated carbocycles. The van der Waals surface area contributed by atoms with Gasteiger partial charge >= 0.3 is 0 Å². The first-order valence-corrected chi connectivity index (χ1v) is 6.10. The van der Waals surface area contributed by atoms with Crippen molar-refractivity contribution in [2.24, 2.45) is 11.8 Å². The Morgan fingerprint density at radius 3 is 2.76 bits per heavy atom. The van der Waals surface area contributed by atoms with Gasteiger partial charge in [0.1, 0.15) is 6.29 Å². The third-order valence-electron chi connectivity index (χ3n) is 3.92. The maximum Gasteiger partial charge on any atom is 0.226 e. The molecule has 1 aliphatic carbocycles. The first kappa shape index (κ1) is 10.5. The number of amides is 1. The lowest BCUT2D eigenvalue weighted by Crippen LogP contribution is -2.52. The van der Waals surface area contributed by atoms with Crippen LogP contribution in [-0.2, 0) is 11.3 Å². The molecule has 0 unspecified atom stereocenters. The van der Waals surface area contributed by atoms with Gasteiger partial charge in [-0.25, -0.2) is 0 Å². The van der Waals surface area contributed by atoms with E-state index >= 15 is 0 Å². The quantitative estimate of drug-likeness (QED) is 0.742. The number of benzene rings is 1. The molecule has 1 aromatic rings. The highest BCUT2D eigenvalue weighted by Crippen LogP contribution is 2.40. The highest BCUT2D eigenvalue weighted by atomic mass is 16.2. The first-order valence-electron chi connectivity index (χ1n) is 6.10. The molecule has 0 atom stereocenters. The number of nitrogens with zero attached hydrogens (tertiary/aromatic N) is 1. The molecule has 2 saturated heterocycles. The van der Waals surface area contributed by atoms with E-state index < -0.39 is 0 Å². The molecule has 2 heterocycles. The smallest absolute Gasteiger partial charge is 0.226 e. The van der Waals surface area contributed by atoms with Gasteiger partial charge in [0.2, 0.25) is 5.91 Å². The largest absolute Gasteiger partial charge is 0.338 e. The molecule has 3 nitrogen and oxygen atoms in total. The van der Waals surface area contributed by atoms with Crippen LogP contribution in [0.4, 0.5) is 0 Å². The van der Waals surface area contributed by atoms with Gasteiger partial charge < -0.3 is 4.90 Å². The van der Waals surface area contributed by atoms with E-state index in [4.69, 9.17) is 0 Å². The summed E-state index contributed by atoms with van der Waals surface area (Å²) in [5.41, 5.74) is 1.65. The lowest BCUT2D eigenvalue weighted by molar-refractivity contribution is -0.149. The van der Waals surface area contributed by atoms with Crippen molar-refractivity contribution in [2.45, 2.75) is 19.4 Å². The second-order valence-electron chi connectivity index (χ2n) is 5.07. The Morgan fingerprint density at radius 2 is 2.06 bits per heavy atom. The van der Waals surface area contributed by atoms with Gasteiger partial charge in [-0.1, -0.05) is 24.3 Å². The summed E-state index contributed by atoms with van der Waals surface area (Å²) in [6, 6.07) is 7.49. The summed E-state index contributed by atoms with van der Waals surface area (Å²) in [4.78, 5) is 24.8. The van der Waals surface area contributed by atoms with Crippen molar-refractivity contribution in [1.29, 1.82) is 0 Å². The van der Waals surface area contributed by atoms with Crippen LogP contribution in [0.2, 0.25) is 0 Å². The Morgan fingerprint density at radius 1 is 1.29 bits per heavy atom. The SMILES string of the molecule is O=Cc1ccccc1CN1CC2CC(C2)C1=O. The summed E-state index contributed by atoms with van der Waals surface area (Å²) < 4.78 is 0. The topological polar surface area (TPSA) is 37.4 Å². The van der Waals surface area contributed by atoms with Crippen molar-refractivity contribution in [2.75, 3.05) is 6.54 Å². The molecule has 2 bridgehead atoms. The molecule has 88 valence electrons. The highest BCUT2D eigenvalue weighted by molar-refractivity contribution is 5.82. The highest BCUT2D eigenvalue weighted by Gasteiger charge is 2.43. The fraction of sp³-hybridized carbons (Fsp3) is 0.429. The zero-order chi connectivity index (χ0) is 11.8. The number of aldehydes is 1. The second-order valence-corrected chi connectivity index (χ2v) is 5.07. The van der Waals surface area contributed by atoms with Crippen LogP contribution in [0.25, 0.3) is 0 Å². The lowest BCUT2D eigenvalue weighted by Gasteiger charge is -2.46. The minimum Gasteiger partial charge on any atom is -0.338 e. The third-order valence-corrected chi connectivity index (χ3v) is 3.92. The fourth-order valence-corrected chi connectivity index (χ4v) is 2.89. The van der Waals surface area contributed by atoms with E-state index in [2.05, 4.69) is 0 Å². The van der Waals surface area contributed by atoms with Crippen LogP contribution in [-0.4, -0.2) is 23.6 Å². The lowest BCUT2D eigenvalue weighted by atomic mass is 9.70. The van der Waals surface area contributed by atoms with Crippen LogP contribution in [0.1, 0.15) is 28.8 Å². The Bertz CT molecular complexity index is 463. The molecule has 2 aliphatic heterocycles. The van der Waals surface area contributed by atoms with Crippen LogP contribution >= 0.6 is 0 Å². The molecule has 3 heteroatoms. The van der Waals surface area contributed by atoms with E-state index in [0.29, 0.717) is 18.0 Å². The maximum absolute atomic E-state index is 12.0. The fourth-order valence-electron chi connectivity index (χ4n) is 2.89. The third kappa shape index (κ3) is 1.75. The van der Waals surface area contributed by atoms with Crippen LogP contribution in [0.5, 0.6) is 0 Å². The maximum atomic E-state index is 12.0. The molecule has 1 aromatic carbocycles. The van der Waals surface area contributed by atoms with Crippen LogP contribution in [0, 0.1) is 11.8 Å². The van der Waals surface area contributed by atoms with E-state index in [1.165, 1.54) is 0 Å².